The molecule has 5 heteroatoms. The van der Waals surface area contributed by atoms with Crippen molar-refractivity contribution in [3.8, 4) is 0 Å². The molecule has 0 fully saturated rings. The van der Waals surface area contributed by atoms with E-state index in [4.69, 9.17) is 0 Å². The molecule has 2 aromatic rings. The molecule has 0 aliphatic rings. The van der Waals surface area contributed by atoms with E-state index in [9.17, 15) is 10.1 Å². The second-order valence-electron chi connectivity index (χ2n) is 4.47. The topological polar surface area (TPSA) is 68.1 Å². The van der Waals surface area contributed by atoms with Gasteiger partial charge >= 0.3 is 0 Å². The van der Waals surface area contributed by atoms with E-state index in [1.807, 2.05) is 26.0 Å². The summed E-state index contributed by atoms with van der Waals surface area (Å²) in [7, 11) is 0. The molecule has 0 atom stereocenters. The van der Waals surface area contributed by atoms with E-state index in [1.54, 1.807) is 24.5 Å². The van der Waals surface area contributed by atoms with Crippen molar-refractivity contribution in [3.05, 3.63) is 63.5 Å². The fourth-order valence-electron chi connectivity index (χ4n) is 1.87. The number of benzene rings is 1. The quantitative estimate of drug-likeness (QED) is 0.674. The fraction of sp³-hybridized carbons (Fsp3) is 0.214. The summed E-state index contributed by atoms with van der Waals surface area (Å²) in [6, 6.07) is 6.93. The molecular formula is C14H15N3O2. The number of nitrogens with one attached hydrogen (secondary N) is 1. The molecule has 1 N–H and O–H groups in total. The van der Waals surface area contributed by atoms with Crippen molar-refractivity contribution >= 4 is 11.4 Å². The van der Waals surface area contributed by atoms with Crippen molar-refractivity contribution in [3.63, 3.8) is 0 Å². The highest BCUT2D eigenvalue weighted by molar-refractivity contribution is 5.54. The van der Waals surface area contributed by atoms with Crippen LogP contribution in [0, 0.1) is 24.0 Å². The Hall–Kier alpha value is -2.43. The summed E-state index contributed by atoms with van der Waals surface area (Å²) in [6.45, 7) is 4.45. The molecule has 98 valence electrons. The molecule has 0 aliphatic heterocycles. The molecule has 0 spiro atoms. The molecular weight excluding hydrogens is 242 g/mol. The van der Waals surface area contributed by atoms with E-state index < -0.39 is 0 Å². The van der Waals surface area contributed by atoms with Crippen LogP contribution < -0.4 is 5.32 Å². The Balaban J connectivity index is 2.16. The van der Waals surface area contributed by atoms with Crippen LogP contribution in [-0.2, 0) is 6.54 Å². The molecule has 0 aliphatic carbocycles. The third-order valence-electron chi connectivity index (χ3n) is 2.89. The highest BCUT2D eigenvalue weighted by atomic mass is 16.6. The number of non-ortho nitro benzene ring substituents is 1. The highest BCUT2D eigenvalue weighted by Gasteiger charge is 2.08. The van der Waals surface area contributed by atoms with Crippen LogP contribution in [0.15, 0.2) is 36.7 Å². The zero-order valence-corrected chi connectivity index (χ0v) is 10.9. The summed E-state index contributed by atoms with van der Waals surface area (Å²) >= 11 is 0. The Bertz CT molecular complexity index is 611. The first-order chi connectivity index (χ1) is 9.06. The van der Waals surface area contributed by atoms with E-state index >= 15 is 0 Å². The van der Waals surface area contributed by atoms with Crippen LogP contribution in [0.5, 0.6) is 0 Å². The lowest BCUT2D eigenvalue weighted by molar-refractivity contribution is -0.384. The smallest absolute Gasteiger partial charge is 0.271 e. The van der Waals surface area contributed by atoms with Gasteiger partial charge in [0.1, 0.15) is 0 Å². The van der Waals surface area contributed by atoms with Crippen molar-refractivity contribution in [2.75, 3.05) is 5.32 Å². The maximum atomic E-state index is 10.8. The third-order valence-corrected chi connectivity index (χ3v) is 2.89. The Morgan fingerprint density at radius 1 is 1.32 bits per heavy atom. The second-order valence-corrected chi connectivity index (χ2v) is 4.47. The molecule has 5 nitrogen and oxygen atoms in total. The standard InChI is InChI=1S/C14H15N3O2/c1-10-5-13(7-14(6-10)17(18)19)16-9-12-3-4-15-8-11(12)2/h3-8,16H,9H2,1-2H3. The van der Waals surface area contributed by atoms with Crippen LogP contribution >= 0.6 is 0 Å². The van der Waals surface area contributed by atoms with Crippen LogP contribution in [0.1, 0.15) is 16.7 Å². The van der Waals surface area contributed by atoms with Crippen molar-refractivity contribution in [1.82, 2.24) is 4.98 Å². The second kappa shape index (κ2) is 5.48. The largest absolute Gasteiger partial charge is 0.381 e. The van der Waals surface area contributed by atoms with Gasteiger partial charge in [-0.1, -0.05) is 0 Å². The highest BCUT2D eigenvalue weighted by Crippen LogP contribution is 2.21. The molecule has 1 aromatic heterocycles. The number of rotatable bonds is 4. The van der Waals surface area contributed by atoms with Gasteiger partial charge < -0.3 is 5.32 Å². The van der Waals surface area contributed by atoms with Gasteiger partial charge in [0.15, 0.2) is 0 Å². The minimum Gasteiger partial charge on any atom is -0.381 e. The first-order valence-corrected chi connectivity index (χ1v) is 5.95. The van der Waals surface area contributed by atoms with E-state index in [2.05, 4.69) is 10.3 Å². The summed E-state index contributed by atoms with van der Waals surface area (Å²) < 4.78 is 0. The summed E-state index contributed by atoms with van der Waals surface area (Å²) in [5.74, 6) is 0. The minimum absolute atomic E-state index is 0.106. The van der Waals surface area contributed by atoms with Gasteiger partial charge in [0.2, 0.25) is 0 Å². The van der Waals surface area contributed by atoms with Crippen LogP contribution in [-0.4, -0.2) is 9.91 Å². The molecule has 0 bridgehead atoms. The molecule has 1 heterocycles. The molecule has 2 rings (SSSR count). The molecule has 19 heavy (non-hydrogen) atoms. The normalized spacial score (nSPS) is 10.2. The molecule has 0 amide bonds. The Morgan fingerprint density at radius 3 is 2.79 bits per heavy atom. The summed E-state index contributed by atoms with van der Waals surface area (Å²) in [4.78, 5) is 14.5. The lowest BCUT2D eigenvalue weighted by Gasteiger charge is -2.09. The number of hydrogen-bond acceptors (Lipinski definition) is 4. The SMILES string of the molecule is Cc1cc(NCc2ccncc2C)cc([N+](=O)[O-])c1. The maximum Gasteiger partial charge on any atom is 0.271 e. The first kappa shape index (κ1) is 13.0. The molecule has 1 aromatic carbocycles. The van der Waals surface area contributed by atoms with Crippen molar-refractivity contribution in [2.45, 2.75) is 20.4 Å². The van der Waals surface area contributed by atoms with Crippen LogP contribution in [0.4, 0.5) is 11.4 Å². The number of nitrogens with zero attached hydrogens (tertiary/aromatic N) is 2. The zero-order chi connectivity index (χ0) is 13.8. The predicted octanol–water partition coefficient (Wildman–Crippen LogP) is 3.22. The number of aryl methyl sites for hydroxylation is 2. The number of nitro benzene ring substituents is 1. The zero-order valence-electron chi connectivity index (χ0n) is 10.9. The van der Waals surface area contributed by atoms with Gasteiger partial charge in [-0.15, -0.1) is 0 Å². The minimum atomic E-state index is -0.379. The molecule has 0 saturated carbocycles. The van der Waals surface area contributed by atoms with E-state index in [-0.39, 0.29) is 10.6 Å². The van der Waals surface area contributed by atoms with Crippen molar-refractivity contribution in [2.24, 2.45) is 0 Å². The lowest BCUT2D eigenvalue weighted by atomic mass is 10.1. The molecule has 0 radical (unpaired) electrons. The average Bonchev–Trinajstić information content (AvgIpc) is 2.37. The fourth-order valence-corrected chi connectivity index (χ4v) is 1.87. The van der Waals surface area contributed by atoms with Gasteiger partial charge in [-0.05, 0) is 42.7 Å². The average molecular weight is 257 g/mol. The molecule has 0 saturated heterocycles. The number of nitro groups is 1. The van der Waals surface area contributed by atoms with Gasteiger partial charge in [0.25, 0.3) is 5.69 Å². The van der Waals surface area contributed by atoms with Crippen LogP contribution in [0.3, 0.4) is 0 Å². The summed E-state index contributed by atoms with van der Waals surface area (Å²) in [6.07, 6.45) is 3.54. The number of pyridine rings is 1. The van der Waals surface area contributed by atoms with Gasteiger partial charge in [0, 0.05) is 36.8 Å². The van der Waals surface area contributed by atoms with E-state index in [0.717, 1.165) is 22.4 Å². The van der Waals surface area contributed by atoms with Crippen molar-refractivity contribution < 1.29 is 4.92 Å². The monoisotopic (exact) mass is 257 g/mol. The summed E-state index contributed by atoms with van der Waals surface area (Å²) in [5.41, 5.74) is 3.94. The van der Waals surface area contributed by atoms with E-state index in [1.165, 1.54) is 0 Å². The van der Waals surface area contributed by atoms with E-state index in [0.29, 0.717) is 6.54 Å². The number of aromatic nitrogens is 1. The van der Waals surface area contributed by atoms with Crippen LogP contribution in [0.2, 0.25) is 0 Å². The van der Waals surface area contributed by atoms with Gasteiger partial charge in [0.05, 0.1) is 4.92 Å². The molecule has 0 unspecified atom stereocenters. The Labute approximate surface area is 111 Å². The summed E-state index contributed by atoms with van der Waals surface area (Å²) in [5, 5.41) is 14.0. The third kappa shape index (κ3) is 3.28. The Kier molecular flexibility index (Phi) is 3.75. The van der Waals surface area contributed by atoms with Gasteiger partial charge in [-0.25, -0.2) is 0 Å². The number of hydrogen-bond donors (Lipinski definition) is 1. The Morgan fingerprint density at radius 2 is 2.11 bits per heavy atom. The predicted molar refractivity (Wildman–Crippen MR) is 74.1 cm³/mol. The first-order valence-electron chi connectivity index (χ1n) is 5.95. The number of anilines is 1. The van der Waals surface area contributed by atoms with Crippen LogP contribution in [0.25, 0.3) is 0 Å². The van der Waals surface area contributed by atoms with Gasteiger partial charge in [-0.3, -0.25) is 15.1 Å². The lowest BCUT2D eigenvalue weighted by Crippen LogP contribution is -2.02. The van der Waals surface area contributed by atoms with Gasteiger partial charge in [-0.2, -0.15) is 0 Å². The van der Waals surface area contributed by atoms with Crippen molar-refractivity contribution in [1.29, 1.82) is 0 Å². The maximum absolute atomic E-state index is 10.8.